The molecule has 1 spiro atoms. The SMILES string of the molecule is O=C(CN1C(=O)C2(CCNCC2)c2c1ccc(F)c2Br)NCC(F)F. The molecule has 0 radical (unpaired) electrons. The molecule has 0 saturated carbocycles. The summed E-state index contributed by atoms with van der Waals surface area (Å²) in [6, 6.07) is 2.69. The van der Waals surface area contributed by atoms with Crippen molar-refractivity contribution in [3.8, 4) is 0 Å². The Labute approximate surface area is 151 Å². The average molecular weight is 420 g/mol. The van der Waals surface area contributed by atoms with Crippen molar-refractivity contribution in [2.45, 2.75) is 24.7 Å². The monoisotopic (exact) mass is 419 g/mol. The third kappa shape index (κ3) is 3.15. The fraction of sp³-hybridized carbons (Fsp3) is 0.500. The van der Waals surface area contributed by atoms with Gasteiger partial charge in [-0.05, 0) is 54.0 Å². The van der Waals surface area contributed by atoms with Gasteiger partial charge in [-0.25, -0.2) is 13.2 Å². The molecule has 9 heteroatoms. The van der Waals surface area contributed by atoms with Gasteiger partial charge in [-0.3, -0.25) is 9.59 Å². The van der Waals surface area contributed by atoms with Crippen LogP contribution in [0.4, 0.5) is 18.9 Å². The Balaban J connectivity index is 1.95. The minimum atomic E-state index is -2.66. The minimum absolute atomic E-state index is 0.218. The van der Waals surface area contributed by atoms with E-state index in [2.05, 4.69) is 26.6 Å². The Morgan fingerprint density at radius 1 is 1.36 bits per heavy atom. The number of halogens is 4. The van der Waals surface area contributed by atoms with Crippen LogP contribution in [0.25, 0.3) is 0 Å². The number of nitrogens with zero attached hydrogens (tertiary/aromatic N) is 1. The number of hydrogen-bond donors (Lipinski definition) is 2. The Morgan fingerprint density at radius 3 is 2.68 bits per heavy atom. The van der Waals surface area contributed by atoms with E-state index in [1.165, 1.54) is 17.0 Å². The van der Waals surface area contributed by atoms with E-state index in [1.54, 1.807) is 0 Å². The van der Waals surface area contributed by atoms with Gasteiger partial charge in [-0.1, -0.05) is 0 Å². The molecule has 0 bridgehead atoms. The first-order valence-electron chi connectivity index (χ1n) is 7.93. The summed E-state index contributed by atoms with van der Waals surface area (Å²) in [5, 5.41) is 5.26. The molecule has 2 aliphatic heterocycles. The zero-order chi connectivity index (χ0) is 18.2. The fourth-order valence-corrected chi connectivity index (χ4v) is 4.27. The van der Waals surface area contributed by atoms with Crippen molar-refractivity contribution in [2.75, 3.05) is 31.1 Å². The maximum Gasteiger partial charge on any atom is 0.255 e. The molecule has 1 saturated heterocycles. The van der Waals surface area contributed by atoms with Gasteiger partial charge in [0.15, 0.2) is 0 Å². The highest BCUT2D eigenvalue weighted by atomic mass is 79.9. The van der Waals surface area contributed by atoms with Gasteiger partial charge < -0.3 is 15.5 Å². The summed E-state index contributed by atoms with van der Waals surface area (Å²) in [5.41, 5.74) is 0.0952. The summed E-state index contributed by atoms with van der Waals surface area (Å²) in [5.74, 6) is -1.44. The van der Waals surface area contributed by atoms with Crippen LogP contribution in [0.15, 0.2) is 16.6 Å². The lowest BCUT2D eigenvalue weighted by Gasteiger charge is -2.33. The van der Waals surface area contributed by atoms with Crippen LogP contribution in [0.3, 0.4) is 0 Å². The number of alkyl halides is 2. The van der Waals surface area contributed by atoms with Crippen LogP contribution in [0.2, 0.25) is 0 Å². The van der Waals surface area contributed by atoms with Crippen LogP contribution in [0.5, 0.6) is 0 Å². The van der Waals surface area contributed by atoms with E-state index in [9.17, 15) is 22.8 Å². The van der Waals surface area contributed by atoms with E-state index in [0.717, 1.165) is 0 Å². The third-order valence-electron chi connectivity index (χ3n) is 4.71. The molecule has 1 aromatic rings. The first-order valence-corrected chi connectivity index (χ1v) is 8.72. The highest BCUT2D eigenvalue weighted by Crippen LogP contribution is 2.50. The maximum atomic E-state index is 14.1. The molecule has 2 amide bonds. The first kappa shape index (κ1) is 18.2. The standard InChI is InChI=1S/C16H17BrF3N3O2/c17-14-9(18)1-2-10-13(14)16(3-5-21-6-4-16)15(25)23(10)8-12(24)22-7-11(19)20/h1-2,11,21H,3-8H2,(H,22,24). The number of fused-ring (bicyclic) bond motifs is 2. The molecule has 0 aromatic heterocycles. The molecule has 25 heavy (non-hydrogen) atoms. The molecule has 2 N–H and O–H groups in total. The second kappa shape index (κ2) is 6.95. The van der Waals surface area contributed by atoms with Crippen molar-refractivity contribution >= 4 is 33.4 Å². The third-order valence-corrected chi connectivity index (χ3v) is 5.48. The van der Waals surface area contributed by atoms with Crippen LogP contribution >= 0.6 is 15.9 Å². The summed E-state index contributed by atoms with van der Waals surface area (Å²) >= 11 is 3.24. The molecule has 2 aliphatic rings. The second-order valence-electron chi connectivity index (χ2n) is 6.17. The Morgan fingerprint density at radius 2 is 2.04 bits per heavy atom. The fourth-order valence-electron chi connectivity index (χ4n) is 3.56. The van der Waals surface area contributed by atoms with E-state index >= 15 is 0 Å². The van der Waals surface area contributed by atoms with Crippen molar-refractivity contribution in [2.24, 2.45) is 0 Å². The molecule has 3 rings (SSSR count). The molecule has 5 nitrogen and oxygen atoms in total. The molecular weight excluding hydrogens is 403 g/mol. The van der Waals surface area contributed by atoms with Gasteiger partial charge in [-0.15, -0.1) is 0 Å². The van der Waals surface area contributed by atoms with E-state index < -0.39 is 30.1 Å². The van der Waals surface area contributed by atoms with Gasteiger partial charge in [0, 0.05) is 11.3 Å². The first-order chi connectivity index (χ1) is 11.9. The highest BCUT2D eigenvalue weighted by molar-refractivity contribution is 9.10. The zero-order valence-corrected chi connectivity index (χ0v) is 14.8. The number of benzene rings is 1. The summed E-state index contributed by atoms with van der Waals surface area (Å²) in [6.45, 7) is 0.0564. The highest BCUT2D eigenvalue weighted by Gasteiger charge is 2.52. The number of rotatable bonds is 4. The molecule has 0 atom stereocenters. The van der Waals surface area contributed by atoms with Crippen molar-refractivity contribution in [3.05, 3.63) is 28.0 Å². The lowest BCUT2D eigenvalue weighted by molar-refractivity contribution is -0.127. The molecule has 1 fully saturated rings. The number of nitrogens with one attached hydrogen (secondary N) is 2. The molecule has 0 unspecified atom stereocenters. The van der Waals surface area contributed by atoms with Crippen molar-refractivity contribution in [1.29, 1.82) is 0 Å². The van der Waals surface area contributed by atoms with Crippen molar-refractivity contribution in [3.63, 3.8) is 0 Å². The zero-order valence-electron chi connectivity index (χ0n) is 13.3. The summed E-state index contributed by atoms with van der Waals surface area (Å²) in [7, 11) is 0. The van der Waals surface area contributed by atoms with Crippen LogP contribution in [0.1, 0.15) is 18.4 Å². The maximum absolute atomic E-state index is 14.1. The average Bonchev–Trinajstić information content (AvgIpc) is 2.80. The largest absolute Gasteiger partial charge is 0.349 e. The summed E-state index contributed by atoms with van der Waals surface area (Å²) in [4.78, 5) is 26.3. The number of piperidine rings is 1. The number of amides is 2. The lowest BCUT2D eigenvalue weighted by Crippen LogP contribution is -2.49. The number of anilines is 1. The van der Waals surface area contributed by atoms with E-state index in [-0.39, 0.29) is 16.9 Å². The predicted octanol–water partition coefficient (Wildman–Crippen LogP) is 1.94. The quantitative estimate of drug-likeness (QED) is 0.783. The lowest BCUT2D eigenvalue weighted by atomic mass is 9.74. The smallest absolute Gasteiger partial charge is 0.255 e. The van der Waals surface area contributed by atoms with E-state index in [0.29, 0.717) is 37.2 Å². The van der Waals surface area contributed by atoms with Crippen LogP contribution in [0, 0.1) is 5.82 Å². The second-order valence-corrected chi connectivity index (χ2v) is 6.97. The summed E-state index contributed by atoms with van der Waals surface area (Å²) in [6.07, 6.45) is -1.70. The topological polar surface area (TPSA) is 61.4 Å². The van der Waals surface area contributed by atoms with Gasteiger partial charge in [0.2, 0.25) is 11.8 Å². The molecule has 1 aromatic carbocycles. The van der Waals surface area contributed by atoms with Crippen molar-refractivity contribution < 1.29 is 22.8 Å². The number of carbonyl (C=O) groups is 2. The summed E-state index contributed by atoms with van der Waals surface area (Å²) < 4.78 is 38.8. The Bertz CT molecular complexity index is 708. The number of carbonyl (C=O) groups excluding carboxylic acids is 2. The van der Waals surface area contributed by atoms with Gasteiger partial charge in [0.25, 0.3) is 6.43 Å². The molecule has 0 aliphatic carbocycles. The van der Waals surface area contributed by atoms with Gasteiger partial charge in [-0.2, -0.15) is 0 Å². The molecule has 2 heterocycles. The Kier molecular flexibility index (Phi) is 5.06. The molecular formula is C16H17BrF3N3O2. The van der Waals surface area contributed by atoms with Crippen molar-refractivity contribution in [1.82, 2.24) is 10.6 Å². The van der Waals surface area contributed by atoms with Crippen LogP contribution in [-0.2, 0) is 15.0 Å². The van der Waals surface area contributed by atoms with Gasteiger partial charge in [0.05, 0.1) is 16.4 Å². The van der Waals surface area contributed by atoms with Crippen LogP contribution < -0.4 is 15.5 Å². The van der Waals surface area contributed by atoms with Crippen LogP contribution in [-0.4, -0.2) is 44.4 Å². The number of hydrogen-bond acceptors (Lipinski definition) is 3. The van der Waals surface area contributed by atoms with E-state index in [4.69, 9.17) is 0 Å². The predicted molar refractivity (Wildman–Crippen MR) is 89.2 cm³/mol. The minimum Gasteiger partial charge on any atom is -0.349 e. The van der Waals surface area contributed by atoms with Gasteiger partial charge in [0.1, 0.15) is 12.4 Å². The molecule has 136 valence electrons. The Hall–Kier alpha value is -1.61. The normalized spacial score (nSPS) is 18.8. The van der Waals surface area contributed by atoms with E-state index in [1.807, 2.05) is 0 Å². The van der Waals surface area contributed by atoms with Gasteiger partial charge >= 0.3 is 0 Å².